The Morgan fingerprint density at radius 1 is 1.19 bits per heavy atom. The van der Waals surface area contributed by atoms with E-state index in [1.807, 2.05) is 12.1 Å². The summed E-state index contributed by atoms with van der Waals surface area (Å²) in [7, 11) is 0. The largest absolute Gasteiger partial charge is 0.462 e. The topological polar surface area (TPSA) is 152 Å². The number of nitrogens with zero attached hydrogens (tertiary/aromatic N) is 4. The van der Waals surface area contributed by atoms with E-state index < -0.39 is 31.1 Å². The number of rotatable bonds is 7. The van der Waals surface area contributed by atoms with Gasteiger partial charge in [0.25, 0.3) is 0 Å². The van der Waals surface area contributed by atoms with E-state index in [2.05, 4.69) is 20.3 Å². The van der Waals surface area contributed by atoms with Gasteiger partial charge in [-0.1, -0.05) is 12.1 Å². The lowest BCUT2D eigenvalue weighted by Gasteiger charge is -2.16. The lowest BCUT2D eigenvalue weighted by molar-refractivity contribution is -0.0511. The summed E-state index contributed by atoms with van der Waals surface area (Å²) in [5.74, 6) is 0.111. The molecule has 4 unspecified atom stereocenters. The van der Waals surface area contributed by atoms with Gasteiger partial charge in [-0.15, -0.1) is 0 Å². The number of hydrogen-bond acceptors (Lipinski definition) is 10. The fourth-order valence-electron chi connectivity index (χ4n) is 3.44. The zero-order valence-electron chi connectivity index (χ0n) is 16.8. The van der Waals surface area contributed by atoms with Crippen LogP contribution < -0.4 is 5.32 Å². The molecule has 3 heterocycles. The predicted octanol–water partition coefficient (Wildman–Crippen LogP) is 0.227. The van der Waals surface area contributed by atoms with E-state index in [9.17, 15) is 20.1 Å². The molecule has 1 saturated heterocycles. The number of aliphatic hydroxyl groups is 3. The van der Waals surface area contributed by atoms with Crippen LogP contribution in [0.25, 0.3) is 11.2 Å². The van der Waals surface area contributed by atoms with E-state index >= 15 is 0 Å². The van der Waals surface area contributed by atoms with Crippen LogP contribution in [0.2, 0.25) is 0 Å². The van der Waals surface area contributed by atoms with Gasteiger partial charge in [-0.25, -0.2) is 19.7 Å². The molecule has 4 N–H and O–H groups in total. The second kappa shape index (κ2) is 8.94. The minimum Gasteiger partial charge on any atom is -0.462 e. The fraction of sp³-hybridized carbons (Fsp3) is 0.400. The van der Waals surface area contributed by atoms with Gasteiger partial charge in [-0.3, -0.25) is 4.57 Å². The van der Waals surface area contributed by atoms with Gasteiger partial charge in [0.15, 0.2) is 23.2 Å². The van der Waals surface area contributed by atoms with Crippen molar-refractivity contribution >= 4 is 23.0 Å². The molecule has 4 atom stereocenters. The molecule has 1 fully saturated rings. The van der Waals surface area contributed by atoms with Crippen LogP contribution in [-0.2, 0) is 16.0 Å². The zero-order chi connectivity index (χ0) is 22.0. The van der Waals surface area contributed by atoms with Crippen molar-refractivity contribution in [3.05, 3.63) is 48.0 Å². The number of nitrogens with one attached hydrogen (secondary N) is 1. The first-order valence-corrected chi connectivity index (χ1v) is 9.83. The number of anilines is 1. The van der Waals surface area contributed by atoms with Crippen LogP contribution in [0, 0.1) is 0 Å². The van der Waals surface area contributed by atoms with Crippen LogP contribution in [0.1, 0.15) is 29.1 Å². The van der Waals surface area contributed by atoms with Crippen LogP contribution in [0.15, 0.2) is 36.9 Å². The fourth-order valence-corrected chi connectivity index (χ4v) is 3.44. The van der Waals surface area contributed by atoms with E-state index in [0.717, 1.165) is 5.56 Å². The molecule has 0 amide bonds. The summed E-state index contributed by atoms with van der Waals surface area (Å²) in [6.45, 7) is 2.09. The Balaban J connectivity index is 1.50. The smallest absolute Gasteiger partial charge is 0.338 e. The number of imidazole rings is 1. The molecule has 0 radical (unpaired) electrons. The van der Waals surface area contributed by atoms with Crippen LogP contribution in [0.3, 0.4) is 0 Å². The maximum Gasteiger partial charge on any atom is 0.338 e. The summed E-state index contributed by atoms with van der Waals surface area (Å²) in [6.07, 6.45) is -1.49. The highest BCUT2D eigenvalue weighted by Crippen LogP contribution is 2.32. The average Bonchev–Trinajstić information content (AvgIpc) is 3.34. The molecule has 11 nitrogen and oxygen atoms in total. The standard InChI is InChI=1S/C20H23N5O6/c1-2-30-20(29)12-5-3-11(4-6-12)7-21-17-14-18(23-9-22-17)25(10-24-14)19-16(28)15(27)13(8-26)31-19/h3-6,9-10,13,15-16,19,26-28H,2,7-8H2,1H3,(H,21,22,23). The van der Waals surface area contributed by atoms with Gasteiger partial charge in [0, 0.05) is 6.54 Å². The highest BCUT2D eigenvalue weighted by atomic mass is 16.6. The Morgan fingerprint density at radius 2 is 1.97 bits per heavy atom. The molecule has 0 spiro atoms. The van der Waals surface area contributed by atoms with E-state index in [-0.39, 0.29) is 5.97 Å². The minimum atomic E-state index is -1.24. The van der Waals surface area contributed by atoms with E-state index in [1.165, 1.54) is 17.2 Å². The molecule has 11 heteroatoms. The summed E-state index contributed by atoms with van der Waals surface area (Å²) in [4.78, 5) is 24.5. The third kappa shape index (κ3) is 4.08. The number of hydrogen-bond donors (Lipinski definition) is 4. The lowest BCUT2D eigenvalue weighted by atomic mass is 10.1. The highest BCUT2D eigenvalue weighted by molar-refractivity contribution is 5.89. The second-order valence-electron chi connectivity index (χ2n) is 7.05. The quantitative estimate of drug-likeness (QED) is 0.384. The summed E-state index contributed by atoms with van der Waals surface area (Å²) < 4.78 is 12.0. The Labute approximate surface area is 177 Å². The SMILES string of the molecule is CCOC(=O)c1ccc(CNc2ncnc3c2ncn3C2OC(CO)C(O)C2O)cc1. The molecule has 0 bridgehead atoms. The molecule has 3 aromatic rings. The monoisotopic (exact) mass is 429 g/mol. The Morgan fingerprint density at radius 3 is 2.65 bits per heavy atom. The number of fused-ring (bicyclic) bond motifs is 1. The first-order chi connectivity index (χ1) is 15.0. The maximum absolute atomic E-state index is 11.8. The molecular formula is C20H23N5O6. The van der Waals surface area contributed by atoms with Gasteiger partial charge in [0.1, 0.15) is 24.6 Å². The van der Waals surface area contributed by atoms with Crippen LogP contribution in [0.4, 0.5) is 5.82 Å². The molecule has 0 aliphatic carbocycles. The third-order valence-corrected chi connectivity index (χ3v) is 5.08. The molecule has 164 valence electrons. The number of carbonyl (C=O) groups excluding carboxylic acids is 1. The van der Waals surface area contributed by atoms with Gasteiger partial charge in [-0.2, -0.15) is 0 Å². The second-order valence-corrected chi connectivity index (χ2v) is 7.05. The van der Waals surface area contributed by atoms with E-state index in [1.54, 1.807) is 19.1 Å². The van der Waals surface area contributed by atoms with Crippen molar-refractivity contribution in [1.29, 1.82) is 0 Å². The molecule has 4 rings (SSSR count). The minimum absolute atomic E-state index is 0.320. The molecule has 31 heavy (non-hydrogen) atoms. The molecular weight excluding hydrogens is 406 g/mol. The number of esters is 1. The van der Waals surface area contributed by atoms with E-state index in [0.29, 0.717) is 35.7 Å². The molecule has 0 saturated carbocycles. The van der Waals surface area contributed by atoms with Crippen molar-refractivity contribution in [2.75, 3.05) is 18.5 Å². The predicted molar refractivity (Wildman–Crippen MR) is 108 cm³/mol. The lowest BCUT2D eigenvalue weighted by Crippen LogP contribution is -2.33. The number of aliphatic hydroxyl groups excluding tert-OH is 3. The van der Waals surface area contributed by atoms with Gasteiger partial charge in [0.2, 0.25) is 0 Å². The maximum atomic E-state index is 11.8. The van der Waals surface area contributed by atoms with Crippen molar-refractivity contribution in [3.63, 3.8) is 0 Å². The van der Waals surface area contributed by atoms with Crippen molar-refractivity contribution in [2.45, 2.75) is 38.0 Å². The van der Waals surface area contributed by atoms with Gasteiger partial charge < -0.3 is 30.1 Å². The first-order valence-electron chi connectivity index (χ1n) is 9.83. The molecule has 2 aromatic heterocycles. The first kappa shape index (κ1) is 21.1. The molecule has 1 aliphatic heterocycles. The normalized spacial score (nSPS) is 23.2. The molecule has 1 aliphatic rings. The highest BCUT2D eigenvalue weighted by Gasteiger charge is 2.44. The van der Waals surface area contributed by atoms with Crippen LogP contribution in [-0.4, -0.2) is 72.3 Å². The summed E-state index contributed by atoms with van der Waals surface area (Å²) in [5.41, 5.74) is 2.27. The van der Waals surface area contributed by atoms with Crippen molar-refractivity contribution in [2.24, 2.45) is 0 Å². The van der Waals surface area contributed by atoms with Crippen molar-refractivity contribution < 1.29 is 29.6 Å². The van der Waals surface area contributed by atoms with Crippen molar-refractivity contribution in [3.8, 4) is 0 Å². The summed E-state index contributed by atoms with van der Waals surface area (Å²) in [6, 6.07) is 7.02. The van der Waals surface area contributed by atoms with Crippen LogP contribution in [0.5, 0.6) is 0 Å². The van der Waals surface area contributed by atoms with Gasteiger partial charge in [-0.05, 0) is 24.6 Å². The molecule has 1 aromatic carbocycles. The van der Waals surface area contributed by atoms with Gasteiger partial charge in [0.05, 0.1) is 25.1 Å². The zero-order valence-corrected chi connectivity index (χ0v) is 16.8. The Hall–Kier alpha value is -3.12. The number of benzene rings is 1. The third-order valence-electron chi connectivity index (χ3n) is 5.08. The Bertz CT molecular complexity index is 1060. The average molecular weight is 429 g/mol. The van der Waals surface area contributed by atoms with E-state index in [4.69, 9.17) is 9.47 Å². The number of aromatic nitrogens is 4. The number of carbonyl (C=O) groups is 1. The number of ether oxygens (including phenoxy) is 2. The van der Waals surface area contributed by atoms with Crippen molar-refractivity contribution in [1.82, 2.24) is 19.5 Å². The van der Waals surface area contributed by atoms with Crippen LogP contribution >= 0.6 is 0 Å². The Kier molecular flexibility index (Phi) is 6.09. The summed E-state index contributed by atoms with van der Waals surface area (Å²) >= 11 is 0. The van der Waals surface area contributed by atoms with Gasteiger partial charge >= 0.3 is 5.97 Å². The summed E-state index contributed by atoms with van der Waals surface area (Å²) in [5, 5.41) is 32.8.